The number of likely N-dealkylation sites (tertiary alicyclic amines) is 1. The van der Waals surface area contributed by atoms with Gasteiger partial charge >= 0.3 is 0 Å². The predicted molar refractivity (Wildman–Crippen MR) is 141 cm³/mol. The third kappa shape index (κ3) is 6.16. The van der Waals surface area contributed by atoms with Crippen LogP contribution in [0.5, 0.6) is 0 Å². The van der Waals surface area contributed by atoms with Gasteiger partial charge < -0.3 is 10.6 Å². The molecule has 0 spiro atoms. The van der Waals surface area contributed by atoms with Crippen LogP contribution in [0.25, 0.3) is 11.3 Å². The van der Waals surface area contributed by atoms with E-state index in [0.717, 1.165) is 25.7 Å². The summed E-state index contributed by atoms with van der Waals surface area (Å²) < 4.78 is 27.8. The molecule has 8 heteroatoms. The minimum absolute atomic E-state index is 0.0495. The molecule has 3 aromatic carbocycles. The van der Waals surface area contributed by atoms with E-state index in [1.54, 1.807) is 24.3 Å². The van der Waals surface area contributed by atoms with Gasteiger partial charge in [0.15, 0.2) is 11.6 Å². The topological polar surface area (TPSA) is 70.1 Å². The Morgan fingerprint density at radius 3 is 2.46 bits per heavy atom. The predicted octanol–water partition coefficient (Wildman–Crippen LogP) is 6.40. The molecule has 5 rings (SSSR count). The van der Waals surface area contributed by atoms with Crippen molar-refractivity contribution in [2.24, 2.45) is 0 Å². The fourth-order valence-electron chi connectivity index (χ4n) is 4.41. The Kier molecular flexibility index (Phi) is 7.46. The molecule has 0 saturated carbocycles. The fourth-order valence-corrected chi connectivity index (χ4v) is 4.41. The summed E-state index contributed by atoms with van der Waals surface area (Å²) in [5.74, 6) is -1.89. The van der Waals surface area contributed by atoms with E-state index < -0.39 is 11.6 Å². The van der Waals surface area contributed by atoms with Crippen LogP contribution in [0, 0.1) is 11.6 Å². The third-order valence-corrected chi connectivity index (χ3v) is 6.33. The highest BCUT2D eigenvalue weighted by Gasteiger charge is 2.13. The van der Waals surface area contributed by atoms with Crippen LogP contribution in [0.1, 0.15) is 35.2 Å². The van der Waals surface area contributed by atoms with Crippen LogP contribution < -0.4 is 10.6 Å². The van der Waals surface area contributed by atoms with Gasteiger partial charge in [-0.2, -0.15) is 0 Å². The largest absolute Gasteiger partial charge is 0.324 e. The van der Waals surface area contributed by atoms with Gasteiger partial charge in [0.25, 0.3) is 5.91 Å². The molecule has 0 aliphatic carbocycles. The summed E-state index contributed by atoms with van der Waals surface area (Å²) in [4.78, 5) is 23.7. The van der Waals surface area contributed by atoms with E-state index in [0.29, 0.717) is 16.9 Å². The number of rotatable bonds is 7. The summed E-state index contributed by atoms with van der Waals surface area (Å²) in [7, 11) is 0. The summed E-state index contributed by atoms with van der Waals surface area (Å²) >= 11 is 0. The molecular weight excluding hydrogens is 472 g/mol. The summed E-state index contributed by atoms with van der Waals surface area (Å²) in [5.41, 5.74) is 3.31. The highest BCUT2D eigenvalue weighted by Crippen LogP contribution is 2.25. The van der Waals surface area contributed by atoms with Crippen LogP contribution in [0.3, 0.4) is 0 Å². The molecular formula is C29H27F2N5O. The van der Waals surface area contributed by atoms with E-state index in [1.165, 1.54) is 49.2 Å². The normalized spacial score (nSPS) is 13.8. The van der Waals surface area contributed by atoms with Crippen LogP contribution in [-0.4, -0.2) is 33.9 Å². The molecule has 1 aliphatic rings. The molecule has 37 heavy (non-hydrogen) atoms. The van der Waals surface area contributed by atoms with Gasteiger partial charge in [-0.1, -0.05) is 30.7 Å². The maximum absolute atomic E-state index is 14.2. The number of aromatic nitrogens is 2. The monoisotopic (exact) mass is 499 g/mol. The van der Waals surface area contributed by atoms with Gasteiger partial charge in [0.1, 0.15) is 0 Å². The van der Waals surface area contributed by atoms with Crippen molar-refractivity contribution in [2.45, 2.75) is 25.8 Å². The molecule has 0 unspecified atom stereocenters. The van der Waals surface area contributed by atoms with Crippen molar-refractivity contribution >= 4 is 23.2 Å². The number of nitrogens with zero attached hydrogens (tertiary/aromatic N) is 3. The van der Waals surface area contributed by atoms with Crippen molar-refractivity contribution in [1.29, 1.82) is 0 Å². The minimum Gasteiger partial charge on any atom is -0.324 e. The molecule has 0 radical (unpaired) electrons. The Bertz CT molecular complexity index is 1390. The molecule has 1 aliphatic heterocycles. The van der Waals surface area contributed by atoms with Crippen LogP contribution in [-0.2, 0) is 6.54 Å². The van der Waals surface area contributed by atoms with E-state index in [1.807, 2.05) is 24.3 Å². The summed E-state index contributed by atoms with van der Waals surface area (Å²) in [6, 6.07) is 20.3. The maximum Gasteiger partial charge on any atom is 0.255 e. The number of hydrogen-bond donors (Lipinski definition) is 2. The van der Waals surface area contributed by atoms with E-state index in [4.69, 9.17) is 0 Å². The molecule has 1 amide bonds. The van der Waals surface area contributed by atoms with Crippen molar-refractivity contribution < 1.29 is 13.6 Å². The Hall–Kier alpha value is -4.17. The second kappa shape index (κ2) is 11.3. The zero-order valence-corrected chi connectivity index (χ0v) is 20.3. The van der Waals surface area contributed by atoms with E-state index in [9.17, 15) is 13.6 Å². The summed E-state index contributed by atoms with van der Waals surface area (Å²) in [5, 5.41) is 5.97. The standard InChI is InChI=1S/C29H27F2N5O/c30-25-9-5-8-24(27(25)31)26-14-15-32-29(35-26)34-23-7-4-6-22(18-23)33-28(37)21-12-10-20(11-13-21)19-36-16-2-1-3-17-36/h4-15,18H,1-3,16-17,19H2,(H,33,37)(H,32,34,35). The van der Waals surface area contributed by atoms with Gasteiger partial charge in [-0.05, 0) is 80.0 Å². The molecule has 1 aromatic heterocycles. The van der Waals surface area contributed by atoms with Gasteiger partial charge in [0, 0.05) is 35.2 Å². The Morgan fingerprint density at radius 1 is 0.892 bits per heavy atom. The number of carbonyl (C=O) groups excluding carboxylic acids is 1. The zero-order chi connectivity index (χ0) is 25.6. The number of halogens is 2. The molecule has 4 aromatic rings. The van der Waals surface area contributed by atoms with Gasteiger partial charge in [0.05, 0.1) is 5.69 Å². The molecule has 2 N–H and O–H groups in total. The quantitative estimate of drug-likeness (QED) is 0.308. The highest BCUT2D eigenvalue weighted by molar-refractivity contribution is 6.04. The lowest BCUT2D eigenvalue weighted by Gasteiger charge is -2.26. The van der Waals surface area contributed by atoms with Crippen LogP contribution in [0.4, 0.5) is 26.1 Å². The number of carbonyl (C=O) groups is 1. The Morgan fingerprint density at radius 2 is 1.65 bits per heavy atom. The van der Waals surface area contributed by atoms with Crippen molar-refractivity contribution in [3.63, 3.8) is 0 Å². The first kappa shape index (κ1) is 24.5. The fraction of sp³-hybridized carbons (Fsp3) is 0.207. The first-order chi connectivity index (χ1) is 18.0. The number of benzene rings is 3. The smallest absolute Gasteiger partial charge is 0.255 e. The summed E-state index contributed by atoms with van der Waals surface area (Å²) in [6.45, 7) is 3.16. The average molecular weight is 500 g/mol. The maximum atomic E-state index is 14.2. The Labute approximate surface area is 214 Å². The molecule has 188 valence electrons. The second-order valence-electron chi connectivity index (χ2n) is 9.06. The average Bonchev–Trinajstić information content (AvgIpc) is 2.91. The molecule has 2 heterocycles. The van der Waals surface area contributed by atoms with Gasteiger partial charge in [-0.25, -0.2) is 18.7 Å². The van der Waals surface area contributed by atoms with Crippen molar-refractivity contribution in [1.82, 2.24) is 14.9 Å². The third-order valence-electron chi connectivity index (χ3n) is 6.33. The van der Waals surface area contributed by atoms with Crippen molar-refractivity contribution in [3.05, 3.63) is 102 Å². The Balaban J connectivity index is 1.24. The van der Waals surface area contributed by atoms with E-state index in [-0.39, 0.29) is 23.1 Å². The van der Waals surface area contributed by atoms with Gasteiger partial charge in [-0.15, -0.1) is 0 Å². The van der Waals surface area contributed by atoms with Crippen LogP contribution >= 0.6 is 0 Å². The molecule has 0 bridgehead atoms. The number of anilines is 3. The number of nitrogens with one attached hydrogen (secondary N) is 2. The van der Waals surface area contributed by atoms with Crippen LogP contribution in [0.15, 0.2) is 79.0 Å². The lowest BCUT2D eigenvalue weighted by Crippen LogP contribution is -2.29. The highest BCUT2D eigenvalue weighted by atomic mass is 19.2. The lowest BCUT2D eigenvalue weighted by atomic mass is 10.1. The number of hydrogen-bond acceptors (Lipinski definition) is 5. The van der Waals surface area contributed by atoms with Gasteiger partial charge in [-0.3, -0.25) is 9.69 Å². The summed E-state index contributed by atoms with van der Waals surface area (Å²) in [6.07, 6.45) is 5.27. The number of amides is 1. The molecule has 0 atom stereocenters. The molecule has 6 nitrogen and oxygen atoms in total. The second-order valence-corrected chi connectivity index (χ2v) is 9.06. The molecule has 1 fully saturated rings. The van der Waals surface area contributed by atoms with E-state index in [2.05, 4.69) is 25.5 Å². The van der Waals surface area contributed by atoms with Crippen LogP contribution in [0.2, 0.25) is 0 Å². The SMILES string of the molecule is O=C(Nc1cccc(Nc2nccc(-c3cccc(F)c3F)n2)c1)c1ccc(CN2CCCCC2)cc1. The zero-order valence-electron chi connectivity index (χ0n) is 20.3. The molecule has 1 saturated heterocycles. The van der Waals surface area contributed by atoms with E-state index >= 15 is 0 Å². The number of piperidine rings is 1. The first-order valence-corrected chi connectivity index (χ1v) is 12.3. The first-order valence-electron chi connectivity index (χ1n) is 12.3. The van der Waals surface area contributed by atoms with Crippen molar-refractivity contribution in [3.8, 4) is 11.3 Å². The van der Waals surface area contributed by atoms with Gasteiger partial charge in [0.2, 0.25) is 5.95 Å². The van der Waals surface area contributed by atoms with Crippen molar-refractivity contribution in [2.75, 3.05) is 23.7 Å². The minimum atomic E-state index is -0.962. The lowest BCUT2D eigenvalue weighted by molar-refractivity contribution is 0.102.